The summed E-state index contributed by atoms with van der Waals surface area (Å²) in [5.74, 6) is 0.656. The standard InChI is InChI=1S/C14H16ClNO4/c15-10(7-16-5-1-2-11(16)14(17)18)9-3-4-12-13(6-9)20-8-19-12/h3-4,6,10-11H,1-2,5,7-8H2,(H,17,18). The number of ether oxygens (including phenoxy) is 2. The van der Waals surface area contributed by atoms with E-state index in [2.05, 4.69) is 0 Å². The summed E-state index contributed by atoms with van der Waals surface area (Å²) in [4.78, 5) is 13.1. The van der Waals surface area contributed by atoms with Crippen LogP contribution >= 0.6 is 11.6 Å². The number of hydrogen-bond acceptors (Lipinski definition) is 4. The molecule has 0 radical (unpaired) electrons. The fraction of sp³-hybridized carbons (Fsp3) is 0.500. The Morgan fingerprint density at radius 1 is 1.45 bits per heavy atom. The number of alkyl halides is 1. The molecule has 0 spiro atoms. The predicted molar refractivity (Wildman–Crippen MR) is 73.4 cm³/mol. The summed E-state index contributed by atoms with van der Waals surface area (Å²) in [6, 6.07) is 5.19. The lowest BCUT2D eigenvalue weighted by molar-refractivity contribution is -0.142. The highest BCUT2D eigenvalue weighted by molar-refractivity contribution is 6.21. The first-order chi connectivity index (χ1) is 9.65. The van der Waals surface area contributed by atoms with Crippen molar-refractivity contribution in [2.45, 2.75) is 24.3 Å². The number of nitrogens with zero attached hydrogens (tertiary/aromatic N) is 1. The molecular formula is C14H16ClNO4. The summed E-state index contributed by atoms with van der Waals surface area (Å²) >= 11 is 6.43. The molecule has 6 heteroatoms. The highest BCUT2D eigenvalue weighted by Gasteiger charge is 2.32. The third-order valence-corrected chi connectivity index (χ3v) is 4.19. The molecule has 2 heterocycles. The third kappa shape index (κ3) is 2.55. The largest absolute Gasteiger partial charge is 0.480 e. The van der Waals surface area contributed by atoms with Gasteiger partial charge in [0.1, 0.15) is 6.04 Å². The van der Waals surface area contributed by atoms with Crippen LogP contribution in [0.4, 0.5) is 0 Å². The van der Waals surface area contributed by atoms with Crippen molar-refractivity contribution < 1.29 is 19.4 Å². The van der Waals surface area contributed by atoms with Crippen LogP contribution in [0.15, 0.2) is 18.2 Å². The van der Waals surface area contributed by atoms with Crippen molar-refractivity contribution in [3.05, 3.63) is 23.8 Å². The van der Waals surface area contributed by atoms with Crippen molar-refractivity contribution in [2.75, 3.05) is 19.9 Å². The van der Waals surface area contributed by atoms with Crippen LogP contribution in [0.3, 0.4) is 0 Å². The van der Waals surface area contributed by atoms with E-state index in [1.807, 2.05) is 23.1 Å². The van der Waals surface area contributed by atoms with Crippen LogP contribution in [0.1, 0.15) is 23.8 Å². The predicted octanol–water partition coefficient (Wildman–Crippen LogP) is 2.24. The molecule has 0 bridgehead atoms. The number of fused-ring (bicyclic) bond motifs is 1. The smallest absolute Gasteiger partial charge is 0.320 e. The van der Waals surface area contributed by atoms with Crippen LogP contribution in [-0.2, 0) is 4.79 Å². The number of hydrogen-bond donors (Lipinski definition) is 1. The number of rotatable bonds is 4. The topological polar surface area (TPSA) is 59.0 Å². The van der Waals surface area contributed by atoms with Gasteiger partial charge in [0, 0.05) is 6.54 Å². The average molecular weight is 298 g/mol. The fourth-order valence-electron chi connectivity index (χ4n) is 2.74. The van der Waals surface area contributed by atoms with Gasteiger partial charge in [0.2, 0.25) is 6.79 Å². The maximum Gasteiger partial charge on any atom is 0.320 e. The average Bonchev–Trinajstić information content (AvgIpc) is 3.05. The number of carboxylic acids is 1. The maximum atomic E-state index is 11.2. The molecule has 1 aromatic rings. The molecule has 20 heavy (non-hydrogen) atoms. The minimum absolute atomic E-state index is 0.235. The number of likely N-dealkylation sites (tertiary alicyclic amines) is 1. The Morgan fingerprint density at radius 2 is 2.25 bits per heavy atom. The lowest BCUT2D eigenvalue weighted by Crippen LogP contribution is -2.37. The molecule has 2 aliphatic heterocycles. The second-order valence-electron chi connectivity index (χ2n) is 5.07. The van der Waals surface area contributed by atoms with Gasteiger partial charge in [0.25, 0.3) is 0 Å². The van der Waals surface area contributed by atoms with Gasteiger partial charge in [-0.1, -0.05) is 6.07 Å². The lowest BCUT2D eigenvalue weighted by atomic mass is 10.1. The van der Waals surface area contributed by atoms with Crippen molar-refractivity contribution in [3.8, 4) is 11.5 Å². The highest BCUT2D eigenvalue weighted by Crippen LogP contribution is 2.36. The second kappa shape index (κ2) is 5.50. The lowest BCUT2D eigenvalue weighted by Gasteiger charge is -2.23. The van der Waals surface area contributed by atoms with Crippen molar-refractivity contribution in [1.82, 2.24) is 4.90 Å². The zero-order chi connectivity index (χ0) is 14.1. The van der Waals surface area contributed by atoms with Crippen LogP contribution in [0.25, 0.3) is 0 Å². The van der Waals surface area contributed by atoms with E-state index in [-0.39, 0.29) is 12.2 Å². The molecule has 2 aliphatic rings. The maximum absolute atomic E-state index is 11.2. The van der Waals surface area contributed by atoms with Gasteiger partial charge in [-0.3, -0.25) is 9.69 Å². The van der Waals surface area contributed by atoms with Crippen LogP contribution in [-0.4, -0.2) is 41.9 Å². The van der Waals surface area contributed by atoms with Crippen LogP contribution < -0.4 is 9.47 Å². The quantitative estimate of drug-likeness (QED) is 0.864. The monoisotopic (exact) mass is 297 g/mol. The van der Waals surface area contributed by atoms with Gasteiger partial charge >= 0.3 is 5.97 Å². The first-order valence-electron chi connectivity index (χ1n) is 6.65. The first-order valence-corrected chi connectivity index (χ1v) is 7.09. The summed E-state index contributed by atoms with van der Waals surface area (Å²) in [7, 11) is 0. The Labute approximate surface area is 122 Å². The summed E-state index contributed by atoms with van der Waals surface area (Å²) in [5, 5.41) is 8.91. The highest BCUT2D eigenvalue weighted by atomic mass is 35.5. The molecule has 1 aromatic carbocycles. The van der Waals surface area contributed by atoms with E-state index in [1.165, 1.54) is 0 Å². The molecule has 0 saturated carbocycles. The Hall–Kier alpha value is -1.46. The van der Waals surface area contributed by atoms with Crippen LogP contribution in [0.5, 0.6) is 11.5 Å². The molecule has 2 atom stereocenters. The minimum Gasteiger partial charge on any atom is -0.480 e. The number of carboxylic acid groups (broad SMARTS) is 1. The van der Waals surface area contributed by atoms with Crippen LogP contribution in [0, 0.1) is 0 Å². The molecule has 5 nitrogen and oxygen atoms in total. The van der Waals surface area contributed by atoms with Gasteiger partial charge in [-0.2, -0.15) is 0 Å². The fourth-order valence-corrected chi connectivity index (χ4v) is 3.06. The Kier molecular flexibility index (Phi) is 3.72. The van der Waals surface area contributed by atoms with Gasteiger partial charge in [0.15, 0.2) is 11.5 Å². The molecule has 2 unspecified atom stereocenters. The number of carbonyl (C=O) groups is 1. The zero-order valence-electron chi connectivity index (χ0n) is 10.9. The van der Waals surface area contributed by atoms with E-state index in [4.69, 9.17) is 21.1 Å². The first kappa shape index (κ1) is 13.5. The van der Waals surface area contributed by atoms with Crippen molar-refractivity contribution in [1.29, 1.82) is 0 Å². The van der Waals surface area contributed by atoms with Gasteiger partial charge < -0.3 is 14.6 Å². The van der Waals surface area contributed by atoms with Gasteiger partial charge in [-0.15, -0.1) is 11.6 Å². The SMILES string of the molecule is O=C(O)C1CCCN1CC(Cl)c1ccc2c(c1)OCO2. The zero-order valence-corrected chi connectivity index (χ0v) is 11.7. The van der Waals surface area contributed by atoms with E-state index in [0.717, 1.165) is 24.3 Å². The Balaban J connectivity index is 1.70. The molecule has 0 amide bonds. The van der Waals surface area contributed by atoms with E-state index in [0.29, 0.717) is 18.7 Å². The molecule has 0 aliphatic carbocycles. The van der Waals surface area contributed by atoms with Gasteiger partial charge in [-0.05, 0) is 37.1 Å². The van der Waals surface area contributed by atoms with E-state index >= 15 is 0 Å². The number of benzene rings is 1. The molecule has 3 rings (SSSR count). The number of aliphatic carboxylic acids is 1. The molecule has 1 fully saturated rings. The van der Waals surface area contributed by atoms with Crippen LogP contribution in [0.2, 0.25) is 0 Å². The summed E-state index contributed by atoms with van der Waals surface area (Å²) < 4.78 is 10.6. The van der Waals surface area contributed by atoms with Gasteiger partial charge in [-0.25, -0.2) is 0 Å². The summed E-state index contributed by atoms with van der Waals surface area (Å²) in [6.07, 6.45) is 1.60. The normalized spacial score (nSPS) is 22.9. The minimum atomic E-state index is -0.767. The third-order valence-electron chi connectivity index (χ3n) is 3.80. The van der Waals surface area contributed by atoms with Gasteiger partial charge in [0.05, 0.1) is 5.38 Å². The van der Waals surface area contributed by atoms with Crippen molar-refractivity contribution in [2.24, 2.45) is 0 Å². The Morgan fingerprint density at radius 3 is 3.05 bits per heavy atom. The van der Waals surface area contributed by atoms with E-state index < -0.39 is 12.0 Å². The van der Waals surface area contributed by atoms with E-state index in [1.54, 1.807) is 0 Å². The molecule has 1 N–H and O–H groups in total. The molecular weight excluding hydrogens is 282 g/mol. The second-order valence-corrected chi connectivity index (χ2v) is 5.60. The summed E-state index contributed by atoms with van der Waals surface area (Å²) in [5.41, 5.74) is 0.923. The molecule has 108 valence electrons. The van der Waals surface area contributed by atoms with Crippen molar-refractivity contribution in [3.63, 3.8) is 0 Å². The molecule has 1 saturated heterocycles. The van der Waals surface area contributed by atoms with E-state index in [9.17, 15) is 9.90 Å². The Bertz CT molecular complexity index is 522. The molecule has 0 aromatic heterocycles. The summed E-state index contributed by atoms with van der Waals surface area (Å²) in [6.45, 7) is 1.54. The van der Waals surface area contributed by atoms with Crippen molar-refractivity contribution >= 4 is 17.6 Å². The number of halogens is 1.